The lowest BCUT2D eigenvalue weighted by molar-refractivity contribution is 0.0220. The molecule has 4 rings (SSSR count). The lowest BCUT2D eigenvalue weighted by Crippen LogP contribution is -2.39. The minimum Gasteiger partial charge on any atom is -0.461 e. The van der Waals surface area contributed by atoms with Gasteiger partial charge in [0.05, 0.1) is 16.3 Å². The second-order valence-electron chi connectivity index (χ2n) is 8.13. The van der Waals surface area contributed by atoms with Crippen molar-refractivity contribution < 1.29 is 22.4 Å². The summed E-state index contributed by atoms with van der Waals surface area (Å²) in [5, 5.41) is 0.820. The van der Waals surface area contributed by atoms with E-state index in [-0.39, 0.29) is 15.9 Å². The van der Waals surface area contributed by atoms with E-state index < -0.39 is 15.4 Å². The summed E-state index contributed by atoms with van der Waals surface area (Å²) in [4.78, 5) is 14.5. The summed E-state index contributed by atoms with van der Waals surface area (Å²) in [6, 6.07) is 13.2. The van der Waals surface area contributed by atoms with Crippen LogP contribution in [0.25, 0.3) is 11.0 Å². The van der Waals surface area contributed by atoms with E-state index in [0.717, 1.165) is 16.7 Å². The molecule has 0 saturated heterocycles. The molecule has 0 atom stereocenters. The maximum absolute atomic E-state index is 12.9. The summed E-state index contributed by atoms with van der Waals surface area (Å²) >= 11 is 0. The topological polar surface area (TPSA) is 76.8 Å². The number of benzene rings is 2. The number of fused-ring (bicyclic) bond motifs is 3. The highest BCUT2D eigenvalue weighted by Gasteiger charge is 2.29. The van der Waals surface area contributed by atoms with Crippen LogP contribution in [0.5, 0.6) is 0 Å². The van der Waals surface area contributed by atoms with Gasteiger partial charge in [0.1, 0.15) is 16.9 Å². The van der Waals surface area contributed by atoms with Crippen molar-refractivity contribution in [2.75, 3.05) is 6.54 Å². The average Bonchev–Trinajstić information content (AvgIpc) is 3.04. The van der Waals surface area contributed by atoms with Crippen LogP contribution < -0.4 is 0 Å². The average molecular weight is 413 g/mol. The Morgan fingerprint density at radius 2 is 1.79 bits per heavy atom. The van der Waals surface area contributed by atoms with Gasteiger partial charge in [-0.25, -0.2) is 13.2 Å². The molecule has 0 bridgehead atoms. The first-order chi connectivity index (χ1) is 13.6. The van der Waals surface area contributed by atoms with Crippen LogP contribution in [0, 0.1) is 0 Å². The van der Waals surface area contributed by atoms with Crippen LogP contribution in [0.4, 0.5) is 4.79 Å². The summed E-state index contributed by atoms with van der Waals surface area (Å²) in [6.45, 7) is 6.38. The SMILES string of the molecule is CC(C)(C)OC(=O)N1CCc2oc3cc(S(=O)(=O)c4ccccc4)ccc3c2C1. The zero-order chi connectivity index (χ0) is 20.8. The van der Waals surface area contributed by atoms with Gasteiger partial charge in [0.15, 0.2) is 0 Å². The van der Waals surface area contributed by atoms with Gasteiger partial charge in [0, 0.05) is 30.0 Å². The molecule has 29 heavy (non-hydrogen) atoms. The first-order valence-electron chi connectivity index (χ1n) is 9.47. The fraction of sp³-hybridized carbons (Fsp3) is 0.318. The third kappa shape index (κ3) is 3.74. The van der Waals surface area contributed by atoms with Gasteiger partial charge in [-0.3, -0.25) is 0 Å². The summed E-state index contributed by atoms with van der Waals surface area (Å²) in [6.07, 6.45) is 0.199. The van der Waals surface area contributed by atoms with Crippen molar-refractivity contribution in [3.8, 4) is 0 Å². The molecule has 1 aromatic heterocycles. The molecule has 1 amide bonds. The van der Waals surface area contributed by atoms with Gasteiger partial charge in [-0.2, -0.15) is 0 Å². The molecule has 0 spiro atoms. The zero-order valence-corrected chi connectivity index (χ0v) is 17.5. The van der Waals surface area contributed by atoms with E-state index in [2.05, 4.69) is 0 Å². The normalized spacial score (nSPS) is 14.7. The van der Waals surface area contributed by atoms with E-state index in [9.17, 15) is 13.2 Å². The number of ether oxygens (including phenoxy) is 1. The standard InChI is InChI=1S/C22H23NO5S/c1-22(2,3)28-21(24)23-12-11-19-18(14-23)17-10-9-16(13-20(17)27-19)29(25,26)15-7-5-4-6-8-15/h4-10,13H,11-12,14H2,1-3H3. The van der Waals surface area contributed by atoms with Crippen LogP contribution in [-0.4, -0.2) is 31.6 Å². The fourth-order valence-corrected chi connectivity index (χ4v) is 4.74. The van der Waals surface area contributed by atoms with E-state index >= 15 is 0 Å². The monoisotopic (exact) mass is 413 g/mol. The molecular weight excluding hydrogens is 390 g/mol. The zero-order valence-electron chi connectivity index (χ0n) is 16.6. The minimum absolute atomic E-state index is 0.186. The van der Waals surface area contributed by atoms with Crippen LogP contribution in [0.2, 0.25) is 0 Å². The van der Waals surface area contributed by atoms with E-state index in [1.54, 1.807) is 53.4 Å². The van der Waals surface area contributed by atoms with Crippen LogP contribution in [0.3, 0.4) is 0 Å². The number of carbonyl (C=O) groups is 1. The van der Waals surface area contributed by atoms with Crippen molar-refractivity contribution in [1.82, 2.24) is 4.90 Å². The summed E-state index contributed by atoms with van der Waals surface area (Å²) in [7, 11) is -3.62. The molecule has 7 heteroatoms. The second-order valence-corrected chi connectivity index (χ2v) is 10.1. The van der Waals surface area contributed by atoms with Crippen molar-refractivity contribution in [3.63, 3.8) is 0 Å². The Kier molecular flexibility index (Phi) is 4.65. The maximum Gasteiger partial charge on any atom is 0.410 e. The van der Waals surface area contributed by atoms with Gasteiger partial charge in [-0.1, -0.05) is 18.2 Å². The molecule has 0 fully saturated rings. The molecule has 2 aromatic carbocycles. The Bertz CT molecular complexity index is 1170. The number of sulfone groups is 1. The smallest absolute Gasteiger partial charge is 0.410 e. The molecule has 0 saturated carbocycles. The minimum atomic E-state index is -3.62. The molecule has 6 nitrogen and oxygen atoms in total. The Morgan fingerprint density at radius 3 is 2.48 bits per heavy atom. The summed E-state index contributed by atoms with van der Waals surface area (Å²) < 4.78 is 37.2. The molecule has 0 unspecified atom stereocenters. The highest BCUT2D eigenvalue weighted by atomic mass is 32.2. The summed E-state index contributed by atoms with van der Waals surface area (Å²) in [5.74, 6) is 0.786. The first-order valence-corrected chi connectivity index (χ1v) is 11.0. The van der Waals surface area contributed by atoms with Gasteiger partial charge in [0.25, 0.3) is 0 Å². The Labute approximate surface area is 170 Å². The van der Waals surface area contributed by atoms with Crippen LogP contribution in [0.1, 0.15) is 32.1 Å². The number of hydrogen-bond donors (Lipinski definition) is 0. The van der Waals surface area contributed by atoms with E-state index in [0.29, 0.717) is 25.1 Å². The van der Waals surface area contributed by atoms with Crippen molar-refractivity contribution in [3.05, 3.63) is 59.9 Å². The van der Waals surface area contributed by atoms with Crippen LogP contribution >= 0.6 is 0 Å². The predicted octanol–water partition coefficient (Wildman–Crippen LogP) is 4.56. The molecule has 152 valence electrons. The Hall–Kier alpha value is -2.80. The molecular formula is C22H23NO5S. The van der Waals surface area contributed by atoms with E-state index in [1.165, 1.54) is 0 Å². The fourth-order valence-electron chi connectivity index (χ4n) is 3.45. The number of carbonyl (C=O) groups excluding carboxylic acids is 1. The molecule has 2 heterocycles. The van der Waals surface area contributed by atoms with Crippen LogP contribution in [-0.2, 0) is 27.5 Å². The van der Waals surface area contributed by atoms with Gasteiger partial charge in [0.2, 0.25) is 9.84 Å². The van der Waals surface area contributed by atoms with Crippen molar-refractivity contribution in [1.29, 1.82) is 0 Å². The van der Waals surface area contributed by atoms with Gasteiger partial charge < -0.3 is 14.1 Å². The summed E-state index contributed by atoms with van der Waals surface area (Å²) in [5.41, 5.74) is 0.857. The maximum atomic E-state index is 12.9. The van der Waals surface area contributed by atoms with Gasteiger partial charge in [-0.15, -0.1) is 0 Å². The Morgan fingerprint density at radius 1 is 1.07 bits per heavy atom. The lowest BCUT2D eigenvalue weighted by Gasteiger charge is -2.29. The molecule has 0 N–H and O–H groups in total. The van der Waals surface area contributed by atoms with Gasteiger partial charge in [-0.05, 0) is 45.0 Å². The third-order valence-electron chi connectivity index (χ3n) is 4.82. The first kappa shape index (κ1) is 19.5. The highest BCUT2D eigenvalue weighted by molar-refractivity contribution is 7.91. The van der Waals surface area contributed by atoms with E-state index in [4.69, 9.17) is 9.15 Å². The van der Waals surface area contributed by atoms with Crippen LogP contribution in [0.15, 0.2) is 62.7 Å². The molecule has 0 aliphatic carbocycles. The second kappa shape index (κ2) is 6.91. The van der Waals surface area contributed by atoms with Crippen molar-refractivity contribution in [2.45, 2.75) is 49.1 Å². The predicted molar refractivity (Wildman–Crippen MR) is 108 cm³/mol. The lowest BCUT2D eigenvalue weighted by atomic mass is 10.1. The number of furan rings is 1. The van der Waals surface area contributed by atoms with E-state index in [1.807, 2.05) is 20.8 Å². The number of amides is 1. The highest BCUT2D eigenvalue weighted by Crippen LogP contribution is 2.33. The molecule has 1 aliphatic rings. The van der Waals surface area contributed by atoms with Crippen molar-refractivity contribution >= 4 is 26.9 Å². The molecule has 0 radical (unpaired) electrons. The number of rotatable bonds is 2. The largest absolute Gasteiger partial charge is 0.461 e. The molecule has 1 aliphatic heterocycles. The number of hydrogen-bond acceptors (Lipinski definition) is 5. The van der Waals surface area contributed by atoms with Gasteiger partial charge >= 0.3 is 6.09 Å². The quantitative estimate of drug-likeness (QED) is 0.616. The Balaban J connectivity index is 1.67. The number of nitrogens with zero attached hydrogens (tertiary/aromatic N) is 1. The third-order valence-corrected chi connectivity index (χ3v) is 6.59. The van der Waals surface area contributed by atoms with Crippen molar-refractivity contribution in [2.24, 2.45) is 0 Å². The molecule has 3 aromatic rings.